The number of aliphatic imine (C=N–C) groups is 1. The Labute approximate surface area is 182 Å². The number of nitrogens with zero attached hydrogens (tertiary/aromatic N) is 1. The molecule has 0 aliphatic carbocycles. The van der Waals surface area contributed by atoms with E-state index in [-0.39, 0.29) is 29.7 Å². The third-order valence-corrected chi connectivity index (χ3v) is 5.48. The highest BCUT2D eigenvalue weighted by Gasteiger charge is 2.08. The number of hydrogen-bond donors (Lipinski definition) is 3. The van der Waals surface area contributed by atoms with Crippen molar-refractivity contribution in [1.82, 2.24) is 15.4 Å². The molecule has 0 aromatic heterocycles. The van der Waals surface area contributed by atoms with Crippen molar-refractivity contribution in [3.05, 3.63) is 70.2 Å². The average Bonchev–Trinajstić information content (AvgIpc) is 2.64. The van der Waals surface area contributed by atoms with Gasteiger partial charge in [-0.3, -0.25) is 4.99 Å². The fraction of sp³-hybridized carbons (Fsp3) is 0.278. The first-order valence-electron chi connectivity index (χ1n) is 8.10. The molecular formula is C18H24ClIN4O2S. The summed E-state index contributed by atoms with van der Waals surface area (Å²) < 4.78 is 25.4. The standard InChI is InChI=1S/C18H23ClN4O2S.HI/c1-20-18(23-12-16-5-3-4-6-17(16)19)22-11-14-7-9-15(10-8-14)13-26(24,25)21-2;/h3-10,21H,11-13H2,1-2H3,(H2,20,22,23);1H. The Hall–Kier alpha value is -1.36. The van der Waals surface area contributed by atoms with Crippen molar-refractivity contribution >= 4 is 51.6 Å². The van der Waals surface area contributed by atoms with E-state index in [1.807, 2.05) is 48.5 Å². The van der Waals surface area contributed by atoms with Crippen LogP contribution < -0.4 is 15.4 Å². The Morgan fingerprint density at radius 3 is 2.19 bits per heavy atom. The van der Waals surface area contributed by atoms with Gasteiger partial charge >= 0.3 is 0 Å². The lowest BCUT2D eigenvalue weighted by molar-refractivity contribution is 0.587. The van der Waals surface area contributed by atoms with Gasteiger partial charge in [-0.1, -0.05) is 54.1 Å². The Balaban J connectivity index is 0.00000364. The van der Waals surface area contributed by atoms with Gasteiger partial charge in [-0.05, 0) is 29.8 Å². The molecule has 148 valence electrons. The maximum absolute atomic E-state index is 11.6. The summed E-state index contributed by atoms with van der Waals surface area (Å²) in [7, 11) is -0.144. The fourth-order valence-electron chi connectivity index (χ4n) is 2.27. The molecule has 2 aromatic rings. The molecule has 0 bridgehead atoms. The average molecular weight is 523 g/mol. The Morgan fingerprint density at radius 1 is 1.00 bits per heavy atom. The molecule has 0 saturated heterocycles. The van der Waals surface area contributed by atoms with Crippen molar-refractivity contribution < 1.29 is 8.42 Å². The van der Waals surface area contributed by atoms with Crippen LogP contribution in [-0.4, -0.2) is 28.5 Å². The predicted octanol–water partition coefficient (Wildman–Crippen LogP) is 2.87. The minimum atomic E-state index is -3.26. The largest absolute Gasteiger partial charge is 0.352 e. The van der Waals surface area contributed by atoms with Crippen LogP contribution in [0.15, 0.2) is 53.5 Å². The van der Waals surface area contributed by atoms with Crippen LogP contribution in [0, 0.1) is 0 Å². The van der Waals surface area contributed by atoms with Crippen LogP contribution >= 0.6 is 35.6 Å². The Kier molecular flexibility index (Phi) is 10.1. The number of sulfonamides is 1. The third kappa shape index (κ3) is 8.04. The Morgan fingerprint density at radius 2 is 1.59 bits per heavy atom. The van der Waals surface area contributed by atoms with Gasteiger partial charge in [-0.15, -0.1) is 24.0 Å². The van der Waals surface area contributed by atoms with Crippen molar-refractivity contribution in [2.45, 2.75) is 18.8 Å². The molecule has 27 heavy (non-hydrogen) atoms. The summed E-state index contributed by atoms with van der Waals surface area (Å²) in [5.41, 5.74) is 2.76. The zero-order chi connectivity index (χ0) is 19.0. The first kappa shape index (κ1) is 23.7. The Bertz CT molecular complexity index is 858. The van der Waals surface area contributed by atoms with Gasteiger partial charge in [0.05, 0.1) is 5.75 Å². The molecule has 0 atom stereocenters. The maximum atomic E-state index is 11.6. The number of rotatable bonds is 7. The lowest BCUT2D eigenvalue weighted by Gasteiger charge is -2.13. The molecule has 0 radical (unpaired) electrons. The zero-order valence-electron chi connectivity index (χ0n) is 15.2. The van der Waals surface area contributed by atoms with Crippen molar-refractivity contribution in [3.63, 3.8) is 0 Å². The highest BCUT2D eigenvalue weighted by Crippen LogP contribution is 2.14. The van der Waals surface area contributed by atoms with E-state index in [1.54, 1.807) is 7.05 Å². The quantitative estimate of drug-likeness (QED) is 0.297. The molecule has 6 nitrogen and oxygen atoms in total. The second-order valence-electron chi connectivity index (χ2n) is 5.65. The summed E-state index contributed by atoms with van der Waals surface area (Å²) in [4.78, 5) is 4.19. The highest BCUT2D eigenvalue weighted by molar-refractivity contribution is 14.0. The SMILES string of the molecule is CN=C(NCc1ccc(CS(=O)(=O)NC)cc1)NCc1ccccc1Cl.I. The van der Waals surface area contributed by atoms with Gasteiger partial charge in [0, 0.05) is 25.2 Å². The number of halogens is 2. The van der Waals surface area contributed by atoms with Crippen LogP contribution in [0.5, 0.6) is 0 Å². The van der Waals surface area contributed by atoms with Gasteiger partial charge in [0.2, 0.25) is 10.0 Å². The number of nitrogens with one attached hydrogen (secondary N) is 3. The van der Waals surface area contributed by atoms with Gasteiger partial charge in [-0.2, -0.15) is 0 Å². The maximum Gasteiger partial charge on any atom is 0.215 e. The van der Waals surface area contributed by atoms with Gasteiger partial charge in [0.15, 0.2) is 5.96 Å². The third-order valence-electron chi connectivity index (χ3n) is 3.78. The summed E-state index contributed by atoms with van der Waals surface area (Å²) in [5, 5.41) is 7.14. The van der Waals surface area contributed by atoms with Crippen molar-refractivity contribution in [2.24, 2.45) is 4.99 Å². The number of guanidine groups is 1. The van der Waals surface area contributed by atoms with E-state index in [9.17, 15) is 8.42 Å². The molecule has 0 aliphatic heterocycles. The van der Waals surface area contributed by atoms with Gasteiger partial charge in [0.1, 0.15) is 0 Å². The summed E-state index contributed by atoms with van der Waals surface area (Å²) >= 11 is 6.15. The summed E-state index contributed by atoms with van der Waals surface area (Å²) in [6.45, 7) is 1.14. The minimum Gasteiger partial charge on any atom is -0.352 e. The van der Waals surface area contributed by atoms with Gasteiger partial charge < -0.3 is 10.6 Å². The predicted molar refractivity (Wildman–Crippen MR) is 122 cm³/mol. The lowest BCUT2D eigenvalue weighted by Crippen LogP contribution is -2.36. The molecule has 3 N–H and O–H groups in total. The van der Waals surface area contributed by atoms with E-state index in [0.717, 1.165) is 16.7 Å². The topological polar surface area (TPSA) is 82.6 Å². The summed E-state index contributed by atoms with van der Waals surface area (Å²) in [6, 6.07) is 15.1. The van der Waals surface area contributed by atoms with E-state index in [2.05, 4.69) is 20.3 Å². The van der Waals surface area contributed by atoms with Crippen LogP contribution in [0.1, 0.15) is 16.7 Å². The first-order chi connectivity index (χ1) is 12.4. The molecule has 0 spiro atoms. The van der Waals surface area contributed by atoms with E-state index in [4.69, 9.17) is 11.6 Å². The number of benzene rings is 2. The molecule has 0 saturated carbocycles. The van der Waals surface area contributed by atoms with Crippen LogP contribution in [0.3, 0.4) is 0 Å². The second-order valence-corrected chi connectivity index (χ2v) is 7.98. The molecular weight excluding hydrogens is 499 g/mol. The smallest absolute Gasteiger partial charge is 0.215 e. The van der Waals surface area contributed by atoms with Gasteiger partial charge in [-0.25, -0.2) is 13.1 Å². The van der Waals surface area contributed by atoms with Crippen molar-refractivity contribution in [2.75, 3.05) is 14.1 Å². The van der Waals surface area contributed by atoms with Crippen molar-refractivity contribution in [3.8, 4) is 0 Å². The molecule has 0 fully saturated rings. The van der Waals surface area contributed by atoms with E-state index >= 15 is 0 Å². The fourth-order valence-corrected chi connectivity index (χ4v) is 3.25. The number of hydrogen-bond acceptors (Lipinski definition) is 3. The molecule has 2 rings (SSSR count). The molecule has 0 heterocycles. The molecule has 0 unspecified atom stereocenters. The molecule has 2 aromatic carbocycles. The second kappa shape index (κ2) is 11.5. The first-order valence-corrected chi connectivity index (χ1v) is 10.1. The van der Waals surface area contributed by atoms with E-state index in [1.165, 1.54) is 7.05 Å². The molecule has 9 heteroatoms. The van der Waals surface area contributed by atoms with Crippen LogP contribution in [0.25, 0.3) is 0 Å². The molecule has 0 amide bonds. The highest BCUT2D eigenvalue weighted by atomic mass is 127. The normalized spacial score (nSPS) is 11.6. The summed E-state index contributed by atoms with van der Waals surface area (Å²) in [5.74, 6) is 0.630. The zero-order valence-corrected chi connectivity index (χ0v) is 19.1. The minimum absolute atomic E-state index is 0. The monoisotopic (exact) mass is 522 g/mol. The van der Waals surface area contributed by atoms with Gasteiger partial charge in [0.25, 0.3) is 0 Å². The van der Waals surface area contributed by atoms with E-state index < -0.39 is 10.0 Å². The van der Waals surface area contributed by atoms with Crippen LogP contribution in [-0.2, 0) is 28.9 Å². The lowest BCUT2D eigenvalue weighted by atomic mass is 10.1. The molecule has 0 aliphatic rings. The van der Waals surface area contributed by atoms with Crippen LogP contribution in [0.2, 0.25) is 5.02 Å². The van der Waals surface area contributed by atoms with E-state index in [0.29, 0.717) is 24.1 Å². The van der Waals surface area contributed by atoms with Crippen molar-refractivity contribution in [1.29, 1.82) is 0 Å². The van der Waals surface area contributed by atoms with Crippen LogP contribution in [0.4, 0.5) is 0 Å². The summed E-state index contributed by atoms with van der Waals surface area (Å²) in [6.07, 6.45) is 0.